The standard InChI is InChI=1S/C12H20N2O3/c1-8(2)14-11(15)6-10(12(14)16)13-9-4-3-5-17-7-9/h8-10,13H,3-7H2,1-2H3. The normalized spacial score (nSPS) is 30.4. The van der Waals surface area contributed by atoms with Crippen LogP contribution in [0.4, 0.5) is 0 Å². The van der Waals surface area contributed by atoms with Crippen molar-refractivity contribution in [2.45, 2.75) is 51.2 Å². The Balaban J connectivity index is 1.94. The second kappa shape index (κ2) is 5.14. The van der Waals surface area contributed by atoms with E-state index < -0.39 is 0 Å². The lowest BCUT2D eigenvalue weighted by Gasteiger charge is -2.26. The third kappa shape index (κ3) is 2.66. The molecule has 2 amide bonds. The van der Waals surface area contributed by atoms with E-state index in [1.54, 1.807) is 0 Å². The van der Waals surface area contributed by atoms with Crippen molar-refractivity contribution in [3.05, 3.63) is 0 Å². The van der Waals surface area contributed by atoms with E-state index in [4.69, 9.17) is 4.74 Å². The van der Waals surface area contributed by atoms with Gasteiger partial charge in [0.15, 0.2) is 0 Å². The lowest BCUT2D eigenvalue weighted by atomic mass is 10.1. The van der Waals surface area contributed by atoms with Crippen molar-refractivity contribution in [2.75, 3.05) is 13.2 Å². The fourth-order valence-electron chi connectivity index (χ4n) is 2.48. The second-order valence-corrected chi connectivity index (χ2v) is 5.03. The van der Waals surface area contributed by atoms with Crippen molar-refractivity contribution in [1.29, 1.82) is 0 Å². The van der Waals surface area contributed by atoms with Crippen molar-refractivity contribution in [3.63, 3.8) is 0 Å². The Morgan fingerprint density at radius 1 is 1.41 bits per heavy atom. The number of nitrogens with one attached hydrogen (secondary N) is 1. The van der Waals surface area contributed by atoms with Gasteiger partial charge in [-0.3, -0.25) is 14.5 Å². The summed E-state index contributed by atoms with van der Waals surface area (Å²) in [6, 6.07) is -0.196. The van der Waals surface area contributed by atoms with E-state index in [1.807, 2.05) is 13.8 Å². The predicted molar refractivity (Wildman–Crippen MR) is 62.4 cm³/mol. The number of carbonyl (C=O) groups excluding carboxylic acids is 2. The molecule has 5 heteroatoms. The van der Waals surface area contributed by atoms with E-state index in [-0.39, 0.29) is 36.4 Å². The van der Waals surface area contributed by atoms with Gasteiger partial charge in [-0.25, -0.2) is 0 Å². The molecule has 17 heavy (non-hydrogen) atoms. The molecule has 0 aliphatic carbocycles. The Kier molecular flexibility index (Phi) is 3.79. The average Bonchev–Trinajstić information content (AvgIpc) is 2.55. The number of hydrogen-bond acceptors (Lipinski definition) is 4. The molecule has 0 spiro atoms. The van der Waals surface area contributed by atoms with Gasteiger partial charge in [0.05, 0.1) is 19.1 Å². The Hall–Kier alpha value is -0.940. The van der Waals surface area contributed by atoms with E-state index >= 15 is 0 Å². The van der Waals surface area contributed by atoms with Crippen LogP contribution in [-0.4, -0.2) is 48.1 Å². The first-order valence-electron chi connectivity index (χ1n) is 6.29. The topological polar surface area (TPSA) is 58.6 Å². The summed E-state index contributed by atoms with van der Waals surface area (Å²) in [6.07, 6.45) is 2.31. The van der Waals surface area contributed by atoms with Crippen LogP contribution >= 0.6 is 0 Å². The molecule has 2 unspecified atom stereocenters. The average molecular weight is 240 g/mol. The molecule has 2 heterocycles. The molecule has 2 aliphatic rings. The molecule has 0 aromatic carbocycles. The maximum atomic E-state index is 12.0. The van der Waals surface area contributed by atoms with Gasteiger partial charge < -0.3 is 10.1 Å². The predicted octanol–water partition coefficient (Wildman–Crippen LogP) is 0.291. The minimum Gasteiger partial charge on any atom is -0.380 e. The van der Waals surface area contributed by atoms with Crippen LogP contribution in [0.2, 0.25) is 0 Å². The van der Waals surface area contributed by atoms with Crippen molar-refractivity contribution < 1.29 is 14.3 Å². The van der Waals surface area contributed by atoms with Crippen LogP contribution in [0.5, 0.6) is 0 Å². The molecule has 2 atom stereocenters. The summed E-state index contributed by atoms with van der Waals surface area (Å²) in [4.78, 5) is 25.1. The first kappa shape index (κ1) is 12.5. The molecular formula is C12H20N2O3. The maximum absolute atomic E-state index is 12.0. The molecule has 0 saturated carbocycles. The summed E-state index contributed by atoms with van der Waals surface area (Å²) in [5.41, 5.74) is 0. The minimum absolute atomic E-state index is 0.0515. The largest absolute Gasteiger partial charge is 0.380 e. The highest BCUT2D eigenvalue weighted by Gasteiger charge is 2.40. The van der Waals surface area contributed by atoms with E-state index in [0.29, 0.717) is 6.61 Å². The summed E-state index contributed by atoms with van der Waals surface area (Å²) >= 11 is 0. The van der Waals surface area contributed by atoms with Crippen LogP contribution in [0, 0.1) is 0 Å². The monoisotopic (exact) mass is 240 g/mol. The minimum atomic E-state index is -0.350. The molecular weight excluding hydrogens is 220 g/mol. The summed E-state index contributed by atoms with van der Waals surface area (Å²) < 4.78 is 5.36. The third-order valence-electron chi connectivity index (χ3n) is 3.30. The van der Waals surface area contributed by atoms with Gasteiger partial charge in [-0.15, -0.1) is 0 Å². The van der Waals surface area contributed by atoms with Crippen LogP contribution in [0.3, 0.4) is 0 Å². The zero-order chi connectivity index (χ0) is 12.4. The van der Waals surface area contributed by atoms with Crippen LogP contribution in [0.25, 0.3) is 0 Å². The SMILES string of the molecule is CC(C)N1C(=O)CC(NC2CCCOC2)C1=O. The first-order chi connectivity index (χ1) is 8.09. The number of likely N-dealkylation sites (tertiary alicyclic amines) is 1. The zero-order valence-electron chi connectivity index (χ0n) is 10.4. The molecule has 2 fully saturated rings. The second-order valence-electron chi connectivity index (χ2n) is 5.03. The number of rotatable bonds is 3. The highest BCUT2D eigenvalue weighted by atomic mass is 16.5. The molecule has 96 valence electrons. The highest BCUT2D eigenvalue weighted by molar-refractivity contribution is 6.05. The quantitative estimate of drug-likeness (QED) is 0.720. The van der Waals surface area contributed by atoms with Crippen molar-refractivity contribution in [3.8, 4) is 0 Å². The molecule has 2 rings (SSSR count). The van der Waals surface area contributed by atoms with Gasteiger partial charge in [-0.05, 0) is 26.7 Å². The van der Waals surface area contributed by atoms with Crippen LogP contribution in [0.1, 0.15) is 33.1 Å². The first-order valence-corrected chi connectivity index (χ1v) is 6.29. The molecule has 1 N–H and O–H groups in total. The summed E-state index contributed by atoms with van der Waals surface area (Å²) in [7, 11) is 0. The number of amides is 2. The summed E-state index contributed by atoms with van der Waals surface area (Å²) in [5.74, 6) is -0.158. The van der Waals surface area contributed by atoms with Gasteiger partial charge in [-0.1, -0.05) is 0 Å². The smallest absolute Gasteiger partial charge is 0.247 e. The van der Waals surface area contributed by atoms with Gasteiger partial charge >= 0.3 is 0 Å². The van der Waals surface area contributed by atoms with Gasteiger partial charge in [0, 0.05) is 18.7 Å². The number of hydrogen-bond donors (Lipinski definition) is 1. The van der Waals surface area contributed by atoms with Crippen molar-refractivity contribution in [2.24, 2.45) is 0 Å². The Morgan fingerprint density at radius 2 is 2.18 bits per heavy atom. The Morgan fingerprint density at radius 3 is 2.71 bits per heavy atom. The molecule has 5 nitrogen and oxygen atoms in total. The van der Waals surface area contributed by atoms with E-state index in [2.05, 4.69) is 5.32 Å². The fourth-order valence-corrected chi connectivity index (χ4v) is 2.48. The lowest BCUT2D eigenvalue weighted by molar-refractivity contribution is -0.140. The van der Waals surface area contributed by atoms with Gasteiger partial charge in [0.25, 0.3) is 0 Å². The molecule has 2 saturated heterocycles. The Bertz CT molecular complexity index is 311. The number of ether oxygens (including phenoxy) is 1. The van der Waals surface area contributed by atoms with E-state index in [1.165, 1.54) is 4.90 Å². The molecule has 0 aromatic rings. The third-order valence-corrected chi connectivity index (χ3v) is 3.30. The number of carbonyl (C=O) groups is 2. The van der Waals surface area contributed by atoms with E-state index in [9.17, 15) is 9.59 Å². The zero-order valence-corrected chi connectivity index (χ0v) is 10.4. The molecule has 2 aliphatic heterocycles. The van der Waals surface area contributed by atoms with Gasteiger partial charge in [0.2, 0.25) is 11.8 Å². The lowest BCUT2D eigenvalue weighted by Crippen LogP contribution is -2.47. The fraction of sp³-hybridized carbons (Fsp3) is 0.833. The highest BCUT2D eigenvalue weighted by Crippen LogP contribution is 2.18. The number of imide groups is 1. The summed E-state index contributed by atoms with van der Waals surface area (Å²) in [6.45, 7) is 5.16. The van der Waals surface area contributed by atoms with Gasteiger partial charge in [0.1, 0.15) is 0 Å². The van der Waals surface area contributed by atoms with Gasteiger partial charge in [-0.2, -0.15) is 0 Å². The van der Waals surface area contributed by atoms with Crippen LogP contribution in [0.15, 0.2) is 0 Å². The molecule has 0 aromatic heterocycles. The van der Waals surface area contributed by atoms with Crippen molar-refractivity contribution in [1.82, 2.24) is 10.2 Å². The maximum Gasteiger partial charge on any atom is 0.247 e. The molecule has 0 radical (unpaired) electrons. The Labute approximate surface area is 101 Å². The van der Waals surface area contributed by atoms with Crippen LogP contribution in [-0.2, 0) is 14.3 Å². The van der Waals surface area contributed by atoms with E-state index in [0.717, 1.165) is 19.4 Å². The molecule has 0 bridgehead atoms. The number of nitrogens with zero attached hydrogens (tertiary/aromatic N) is 1. The van der Waals surface area contributed by atoms with Crippen molar-refractivity contribution >= 4 is 11.8 Å². The summed E-state index contributed by atoms with van der Waals surface area (Å²) in [5, 5.41) is 3.25. The van der Waals surface area contributed by atoms with Crippen LogP contribution < -0.4 is 5.32 Å².